The van der Waals surface area contributed by atoms with Crippen molar-refractivity contribution in [2.45, 2.75) is 33.0 Å². The predicted octanol–water partition coefficient (Wildman–Crippen LogP) is 5.52. The zero-order valence-corrected chi connectivity index (χ0v) is 18.7. The summed E-state index contributed by atoms with van der Waals surface area (Å²) in [5, 5.41) is 12.4. The Balaban J connectivity index is 1.88. The van der Waals surface area contributed by atoms with Crippen LogP contribution in [0.25, 0.3) is 21.8 Å². The summed E-state index contributed by atoms with van der Waals surface area (Å²) < 4.78 is 17.0. The number of ether oxygens (including phenoxy) is 3. The first-order valence-electron chi connectivity index (χ1n) is 10.2. The van der Waals surface area contributed by atoms with Crippen molar-refractivity contribution in [3.63, 3.8) is 0 Å². The Morgan fingerprint density at radius 2 is 1.82 bits per heavy atom. The van der Waals surface area contributed by atoms with Crippen molar-refractivity contribution in [1.82, 2.24) is 9.97 Å². The van der Waals surface area contributed by atoms with Gasteiger partial charge in [-0.1, -0.05) is 6.07 Å². The van der Waals surface area contributed by atoms with Crippen LogP contribution < -0.4 is 4.74 Å². The van der Waals surface area contributed by atoms with E-state index in [0.717, 1.165) is 16.3 Å². The number of pyridine rings is 1. The zero-order valence-electron chi connectivity index (χ0n) is 18.7. The number of nitro benzene ring substituents is 1. The van der Waals surface area contributed by atoms with Crippen LogP contribution in [0, 0.1) is 10.1 Å². The first-order valence-corrected chi connectivity index (χ1v) is 10.2. The highest BCUT2D eigenvalue weighted by Gasteiger charge is 2.25. The molecule has 2 aromatic carbocycles. The number of hydrogen-bond donors (Lipinski definition) is 1. The van der Waals surface area contributed by atoms with E-state index in [4.69, 9.17) is 14.2 Å². The van der Waals surface area contributed by atoms with Crippen LogP contribution in [0.15, 0.2) is 48.7 Å². The van der Waals surface area contributed by atoms with Crippen LogP contribution in [-0.2, 0) is 16.1 Å². The van der Waals surface area contributed by atoms with Gasteiger partial charge in [-0.05, 0) is 45.0 Å². The second-order valence-electron chi connectivity index (χ2n) is 8.47. The standard InChI is InChI=1S/C24H23N3O6/c1-24(2,3)33-23(28)22-16(13-31-4)20-18(12-25-22)26-17-6-5-7-19(21(17)20)32-15-10-8-14(9-11-15)27(29)30/h5-12,26H,13H2,1-4H3. The maximum atomic E-state index is 12.9. The summed E-state index contributed by atoms with van der Waals surface area (Å²) in [6.07, 6.45) is 1.59. The van der Waals surface area contributed by atoms with Gasteiger partial charge in [0.25, 0.3) is 5.69 Å². The molecule has 170 valence electrons. The van der Waals surface area contributed by atoms with Gasteiger partial charge in [-0.2, -0.15) is 0 Å². The summed E-state index contributed by atoms with van der Waals surface area (Å²) in [6.45, 7) is 5.52. The maximum absolute atomic E-state index is 12.9. The van der Waals surface area contributed by atoms with Crippen molar-refractivity contribution in [2.24, 2.45) is 0 Å². The molecule has 0 aliphatic carbocycles. The number of methoxy groups -OCH3 is 1. The smallest absolute Gasteiger partial charge is 0.357 e. The molecule has 0 unspecified atom stereocenters. The van der Waals surface area contributed by atoms with Crippen LogP contribution in [0.4, 0.5) is 5.69 Å². The van der Waals surface area contributed by atoms with E-state index < -0.39 is 16.5 Å². The first-order chi connectivity index (χ1) is 15.7. The first kappa shape index (κ1) is 22.2. The molecule has 2 aromatic heterocycles. The summed E-state index contributed by atoms with van der Waals surface area (Å²) in [5.74, 6) is 0.419. The largest absolute Gasteiger partial charge is 0.457 e. The molecule has 0 saturated carbocycles. The summed E-state index contributed by atoms with van der Waals surface area (Å²) in [4.78, 5) is 31.0. The topological polar surface area (TPSA) is 117 Å². The Labute approximate surface area is 189 Å². The van der Waals surface area contributed by atoms with Gasteiger partial charge in [0.15, 0.2) is 5.69 Å². The lowest BCUT2D eigenvalue weighted by molar-refractivity contribution is -0.384. The fraction of sp³-hybridized carbons (Fsp3) is 0.250. The molecule has 9 heteroatoms. The van der Waals surface area contributed by atoms with Gasteiger partial charge in [0, 0.05) is 30.2 Å². The molecule has 0 bridgehead atoms. The van der Waals surface area contributed by atoms with Crippen molar-refractivity contribution < 1.29 is 23.9 Å². The van der Waals surface area contributed by atoms with Crippen molar-refractivity contribution in [3.8, 4) is 11.5 Å². The number of fused-ring (bicyclic) bond motifs is 3. The van der Waals surface area contributed by atoms with Gasteiger partial charge in [-0.3, -0.25) is 10.1 Å². The second-order valence-corrected chi connectivity index (χ2v) is 8.47. The number of rotatable bonds is 6. The molecular formula is C24H23N3O6. The predicted molar refractivity (Wildman–Crippen MR) is 123 cm³/mol. The zero-order chi connectivity index (χ0) is 23.8. The Morgan fingerprint density at radius 3 is 2.45 bits per heavy atom. The van der Waals surface area contributed by atoms with Crippen molar-refractivity contribution in [2.75, 3.05) is 7.11 Å². The highest BCUT2D eigenvalue weighted by Crippen LogP contribution is 2.38. The van der Waals surface area contributed by atoms with Crippen LogP contribution in [0.5, 0.6) is 11.5 Å². The fourth-order valence-corrected chi connectivity index (χ4v) is 3.61. The Kier molecular flexibility index (Phi) is 5.73. The number of benzene rings is 2. The van der Waals surface area contributed by atoms with Crippen LogP contribution in [-0.4, -0.2) is 33.6 Å². The molecule has 4 aromatic rings. The Bertz CT molecular complexity index is 1350. The Hall–Kier alpha value is -3.98. The van der Waals surface area contributed by atoms with Crippen LogP contribution in [0.3, 0.4) is 0 Å². The lowest BCUT2D eigenvalue weighted by Gasteiger charge is -2.20. The maximum Gasteiger partial charge on any atom is 0.357 e. The van der Waals surface area contributed by atoms with Gasteiger partial charge >= 0.3 is 5.97 Å². The molecule has 0 atom stereocenters. The third-order valence-electron chi connectivity index (χ3n) is 4.88. The number of aromatic amines is 1. The number of H-pyrrole nitrogens is 1. The molecule has 0 aliphatic heterocycles. The van der Waals surface area contributed by atoms with E-state index in [9.17, 15) is 14.9 Å². The highest BCUT2D eigenvalue weighted by atomic mass is 16.6. The number of nitro groups is 1. The van der Waals surface area contributed by atoms with E-state index in [-0.39, 0.29) is 18.0 Å². The van der Waals surface area contributed by atoms with Gasteiger partial charge < -0.3 is 19.2 Å². The average molecular weight is 449 g/mol. The van der Waals surface area contributed by atoms with E-state index in [1.54, 1.807) is 40.1 Å². The van der Waals surface area contributed by atoms with E-state index in [0.29, 0.717) is 22.6 Å². The Morgan fingerprint density at radius 1 is 1.09 bits per heavy atom. The molecule has 0 aliphatic rings. The minimum atomic E-state index is -0.678. The molecule has 1 N–H and O–H groups in total. The van der Waals surface area contributed by atoms with Crippen molar-refractivity contribution in [1.29, 1.82) is 0 Å². The molecule has 33 heavy (non-hydrogen) atoms. The van der Waals surface area contributed by atoms with Crippen molar-refractivity contribution in [3.05, 3.63) is 70.0 Å². The molecule has 0 radical (unpaired) electrons. The molecule has 9 nitrogen and oxygen atoms in total. The molecule has 4 rings (SSSR count). The molecular weight excluding hydrogens is 426 g/mol. The highest BCUT2D eigenvalue weighted by molar-refractivity contribution is 6.13. The van der Waals surface area contributed by atoms with E-state index in [2.05, 4.69) is 9.97 Å². The minimum Gasteiger partial charge on any atom is -0.457 e. The second kappa shape index (κ2) is 8.51. The number of carbonyl (C=O) groups is 1. The monoisotopic (exact) mass is 449 g/mol. The lowest BCUT2D eigenvalue weighted by atomic mass is 10.0. The summed E-state index contributed by atoms with van der Waals surface area (Å²) in [6, 6.07) is 11.3. The number of aromatic nitrogens is 2. The van der Waals surface area contributed by atoms with Gasteiger partial charge in [0.05, 0.1) is 34.1 Å². The number of nitrogens with zero attached hydrogens (tertiary/aromatic N) is 2. The number of hydrogen-bond acceptors (Lipinski definition) is 7. The van der Waals surface area contributed by atoms with E-state index in [1.807, 2.05) is 12.1 Å². The van der Waals surface area contributed by atoms with Gasteiger partial charge in [-0.15, -0.1) is 0 Å². The van der Waals surface area contributed by atoms with Gasteiger partial charge in [-0.25, -0.2) is 9.78 Å². The minimum absolute atomic E-state index is 0.0249. The number of nitrogens with one attached hydrogen (secondary N) is 1. The molecule has 0 saturated heterocycles. The van der Waals surface area contributed by atoms with E-state index in [1.165, 1.54) is 24.3 Å². The third kappa shape index (κ3) is 4.49. The summed E-state index contributed by atoms with van der Waals surface area (Å²) in [7, 11) is 1.54. The van der Waals surface area contributed by atoms with Crippen LogP contribution >= 0.6 is 0 Å². The SMILES string of the molecule is COCc1c(C(=O)OC(C)(C)C)ncc2[nH]c3cccc(Oc4ccc([N+](=O)[O-])cc4)c3c12. The fourth-order valence-electron chi connectivity index (χ4n) is 3.61. The van der Waals surface area contributed by atoms with Gasteiger partial charge in [0.1, 0.15) is 17.1 Å². The third-order valence-corrected chi connectivity index (χ3v) is 4.88. The van der Waals surface area contributed by atoms with Crippen LogP contribution in [0.1, 0.15) is 36.8 Å². The normalized spacial score (nSPS) is 11.6. The van der Waals surface area contributed by atoms with Crippen LogP contribution in [0.2, 0.25) is 0 Å². The summed E-state index contributed by atoms with van der Waals surface area (Å²) in [5.41, 5.74) is 1.54. The summed E-state index contributed by atoms with van der Waals surface area (Å²) >= 11 is 0. The molecule has 0 amide bonds. The molecule has 0 spiro atoms. The number of non-ortho nitro benzene ring substituents is 1. The van der Waals surface area contributed by atoms with E-state index >= 15 is 0 Å². The average Bonchev–Trinajstić information content (AvgIpc) is 3.13. The van der Waals surface area contributed by atoms with Crippen molar-refractivity contribution >= 4 is 33.5 Å². The molecule has 2 heterocycles. The molecule has 0 fully saturated rings. The van der Waals surface area contributed by atoms with Gasteiger partial charge in [0.2, 0.25) is 0 Å². The quantitative estimate of drug-likeness (QED) is 0.234. The number of carbonyl (C=O) groups excluding carboxylic acids is 1. The lowest BCUT2D eigenvalue weighted by Crippen LogP contribution is -2.25. The number of esters is 1.